The zero-order chi connectivity index (χ0) is 12.5. The quantitative estimate of drug-likeness (QED) is 0.741. The number of hydrogen-bond acceptors (Lipinski definition) is 2. The van der Waals surface area contributed by atoms with Gasteiger partial charge in [0.05, 0.1) is 0 Å². The number of benzene rings is 1. The standard InChI is InChI=1S/C14H11ClN2O/c15-10-5-3-9(4-6-10)13(18)12-8-17-14-11(12)2-1-7-16-14/h1-8,13,18H,(H,16,17). The maximum absolute atomic E-state index is 10.4. The Morgan fingerprint density at radius 3 is 2.72 bits per heavy atom. The van der Waals surface area contributed by atoms with Crippen LogP contribution in [0.15, 0.2) is 48.8 Å². The van der Waals surface area contributed by atoms with Crippen LogP contribution in [0.25, 0.3) is 11.0 Å². The van der Waals surface area contributed by atoms with Crippen molar-refractivity contribution >= 4 is 22.6 Å². The van der Waals surface area contributed by atoms with E-state index in [4.69, 9.17) is 11.6 Å². The molecule has 18 heavy (non-hydrogen) atoms. The van der Waals surface area contributed by atoms with Gasteiger partial charge in [-0.2, -0.15) is 0 Å². The molecule has 3 aromatic rings. The second kappa shape index (κ2) is 4.44. The topological polar surface area (TPSA) is 48.9 Å². The van der Waals surface area contributed by atoms with Crippen molar-refractivity contribution < 1.29 is 5.11 Å². The lowest BCUT2D eigenvalue weighted by Gasteiger charge is -2.10. The summed E-state index contributed by atoms with van der Waals surface area (Å²) in [6, 6.07) is 11.0. The Morgan fingerprint density at radius 2 is 1.94 bits per heavy atom. The molecule has 4 heteroatoms. The van der Waals surface area contributed by atoms with Crippen molar-refractivity contribution in [2.75, 3.05) is 0 Å². The lowest BCUT2D eigenvalue weighted by Crippen LogP contribution is -1.98. The molecule has 2 heterocycles. The zero-order valence-electron chi connectivity index (χ0n) is 9.47. The lowest BCUT2D eigenvalue weighted by molar-refractivity contribution is 0.222. The fraction of sp³-hybridized carbons (Fsp3) is 0.0714. The van der Waals surface area contributed by atoms with Crippen molar-refractivity contribution in [3.63, 3.8) is 0 Å². The third-order valence-corrected chi connectivity index (χ3v) is 3.22. The molecule has 2 aromatic heterocycles. The predicted octanol–water partition coefficient (Wildman–Crippen LogP) is 3.30. The Bertz CT molecular complexity index is 676. The molecule has 1 aromatic carbocycles. The van der Waals surface area contributed by atoms with E-state index in [9.17, 15) is 5.11 Å². The molecule has 0 saturated heterocycles. The number of halogens is 1. The minimum absolute atomic E-state index is 0.659. The first-order valence-corrected chi connectivity index (χ1v) is 5.99. The van der Waals surface area contributed by atoms with Crippen LogP contribution in [0.3, 0.4) is 0 Å². The average Bonchev–Trinajstić information content (AvgIpc) is 2.82. The average molecular weight is 259 g/mol. The van der Waals surface area contributed by atoms with Gasteiger partial charge in [-0.1, -0.05) is 23.7 Å². The first-order valence-electron chi connectivity index (χ1n) is 5.61. The second-order valence-electron chi connectivity index (χ2n) is 4.10. The molecule has 1 unspecified atom stereocenters. The Balaban J connectivity index is 2.06. The van der Waals surface area contributed by atoms with Crippen LogP contribution in [0.5, 0.6) is 0 Å². The molecule has 0 radical (unpaired) electrons. The molecule has 3 nitrogen and oxygen atoms in total. The number of nitrogens with one attached hydrogen (secondary N) is 1. The summed E-state index contributed by atoms with van der Waals surface area (Å²) in [4.78, 5) is 7.26. The number of rotatable bonds is 2. The second-order valence-corrected chi connectivity index (χ2v) is 4.53. The van der Waals surface area contributed by atoms with Crippen molar-refractivity contribution in [2.24, 2.45) is 0 Å². The van der Waals surface area contributed by atoms with Gasteiger partial charge in [0.2, 0.25) is 0 Å². The van der Waals surface area contributed by atoms with Crippen molar-refractivity contribution in [1.29, 1.82) is 0 Å². The van der Waals surface area contributed by atoms with Crippen LogP contribution in [-0.2, 0) is 0 Å². The largest absolute Gasteiger partial charge is 0.384 e. The van der Waals surface area contributed by atoms with Crippen LogP contribution < -0.4 is 0 Å². The van der Waals surface area contributed by atoms with E-state index in [1.165, 1.54) is 0 Å². The van der Waals surface area contributed by atoms with Crippen LogP contribution in [-0.4, -0.2) is 15.1 Å². The van der Waals surface area contributed by atoms with E-state index in [1.54, 1.807) is 24.5 Å². The van der Waals surface area contributed by atoms with Gasteiger partial charge in [0, 0.05) is 28.4 Å². The summed E-state index contributed by atoms with van der Waals surface area (Å²) >= 11 is 5.84. The minimum Gasteiger partial charge on any atom is -0.384 e. The number of fused-ring (bicyclic) bond motifs is 1. The smallest absolute Gasteiger partial charge is 0.137 e. The maximum atomic E-state index is 10.4. The number of H-pyrrole nitrogens is 1. The van der Waals surface area contributed by atoms with Crippen LogP contribution in [0, 0.1) is 0 Å². The van der Waals surface area contributed by atoms with E-state index in [1.807, 2.05) is 24.3 Å². The zero-order valence-corrected chi connectivity index (χ0v) is 10.2. The highest BCUT2D eigenvalue weighted by Crippen LogP contribution is 2.28. The van der Waals surface area contributed by atoms with Crippen molar-refractivity contribution in [3.8, 4) is 0 Å². The summed E-state index contributed by atoms with van der Waals surface area (Å²) in [6.07, 6.45) is 2.83. The van der Waals surface area contributed by atoms with E-state index < -0.39 is 6.10 Å². The fourth-order valence-electron chi connectivity index (χ4n) is 2.03. The summed E-state index contributed by atoms with van der Waals surface area (Å²) < 4.78 is 0. The first-order chi connectivity index (χ1) is 8.75. The van der Waals surface area contributed by atoms with Gasteiger partial charge in [0.25, 0.3) is 0 Å². The molecular formula is C14H11ClN2O. The lowest BCUT2D eigenvalue weighted by atomic mass is 10.0. The van der Waals surface area contributed by atoms with Gasteiger partial charge in [-0.25, -0.2) is 4.98 Å². The third kappa shape index (κ3) is 1.88. The molecule has 1 atom stereocenters. The van der Waals surface area contributed by atoms with Gasteiger partial charge in [0.15, 0.2) is 0 Å². The van der Waals surface area contributed by atoms with Crippen molar-refractivity contribution in [1.82, 2.24) is 9.97 Å². The molecular weight excluding hydrogens is 248 g/mol. The Hall–Kier alpha value is -1.84. The molecule has 2 N–H and O–H groups in total. The van der Waals surface area contributed by atoms with Crippen LogP contribution >= 0.6 is 11.6 Å². The number of pyridine rings is 1. The molecule has 0 bridgehead atoms. The first kappa shape index (κ1) is 11.3. The van der Waals surface area contributed by atoms with Crippen LogP contribution in [0.1, 0.15) is 17.2 Å². The van der Waals surface area contributed by atoms with Gasteiger partial charge in [-0.3, -0.25) is 0 Å². The van der Waals surface area contributed by atoms with E-state index in [2.05, 4.69) is 9.97 Å². The SMILES string of the molecule is OC(c1ccc(Cl)cc1)c1c[nH]c2ncccc12. The van der Waals surface area contributed by atoms with E-state index in [0.29, 0.717) is 5.02 Å². The summed E-state index contributed by atoms with van der Waals surface area (Å²) in [5.74, 6) is 0. The molecule has 0 saturated carbocycles. The summed E-state index contributed by atoms with van der Waals surface area (Å²) in [5.41, 5.74) is 2.41. The monoisotopic (exact) mass is 258 g/mol. The molecule has 0 aliphatic carbocycles. The number of hydrogen-bond donors (Lipinski definition) is 2. The molecule has 0 aliphatic heterocycles. The number of nitrogens with zero attached hydrogens (tertiary/aromatic N) is 1. The molecule has 3 rings (SSSR count). The normalized spacial score (nSPS) is 12.8. The van der Waals surface area contributed by atoms with Crippen molar-refractivity contribution in [3.05, 3.63) is 64.9 Å². The highest BCUT2D eigenvalue weighted by molar-refractivity contribution is 6.30. The fourth-order valence-corrected chi connectivity index (χ4v) is 2.15. The van der Waals surface area contributed by atoms with E-state index in [-0.39, 0.29) is 0 Å². The Labute approximate surface area is 109 Å². The number of aliphatic hydroxyl groups excluding tert-OH is 1. The molecule has 0 amide bonds. The third-order valence-electron chi connectivity index (χ3n) is 2.96. The summed E-state index contributed by atoms with van der Waals surface area (Å²) in [5, 5.41) is 12.0. The van der Waals surface area contributed by atoms with Gasteiger partial charge in [-0.15, -0.1) is 0 Å². The molecule has 0 aliphatic rings. The maximum Gasteiger partial charge on any atom is 0.137 e. The highest BCUT2D eigenvalue weighted by atomic mass is 35.5. The summed E-state index contributed by atoms with van der Waals surface area (Å²) in [6.45, 7) is 0. The van der Waals surface area contributed by atoms with Crippen LogP contribution in [0.2, 0.25) is 5.02 Å². The van der Waals surface area contributed by atoms with Gasteiger partial charge in [-0.05, 0) is 29.8 Å². The highest BCUT2D eigenvalue weighted by Gasteiger charge is 2.15. The molecule has 90 valence electrons. The number of aromatic nitrogens is 2. The Kier molecular flexibility index (Phi) is 2.78. The molecule has 0 fully saturated rings. The number of aliphatic hydroxyl groups is 1. The van der Waals surface area contributed by atoms with E-state index >= 15 is 0 Å². The van der Waals surface area contributed by atoms with Crippen molar-refractivity contribution in [2.45, 2.75) is 6.10 Å². The molecule has 0 spiro atoms. The van der Waals surface area contributed by atoms with Gasteiger partial charge < -0.3 is 10.1 Å². The summed E-state index contributed by atoms with van der Waals surface area (Å²) in [7, 11) is 0. The Morgan fingerprint density at radius 1 is 1.17 bits per heavy atom. The minimum atomic E-state index is -0.680. The number of aromatic amines is 1. The van der Waals surface area contributed by atoms with Gasteiger partial charge in [0.1, 0.15) is 11.8 Å². The van der Waals surface area contributed by atoms with Gasteiger partial charge >= 0.3 is 0 Å². The van der Waals surface area contributed by atoms with Crippen LogP contribution in [0.4, 0.5) is 0 Å². The van der Waals surface area contributed by atoms with E-state index in [0.717, 1.165) is 22.2 Å². The predicted molar refractivity (Wildman–Crippen MR) is 71.6 cm³/mol.